The Balaban J connectivity index is 2.18. The molecule has 0 aliphatic carbocycles. The highest BCUT2D eigenvalue weighted by atomic mass is 35.5. The van der Waals surface area contributed by atoms with Crippen molar-refractivity contribution in [2.45, 2.75) is 12.8 Å². The smallest absolute Gasteiger partial charge is 0.0410 e. The summed E-state index contributed by atoms with van der Waals surface area (Å²) in [7, 11) is 0. The van der Waals surface area contributed by atoms with Crippen LogP contribution in [-0.4, -0.2) is 13.1 Å². The molecule has 1 aliphatic rings. The monoisotopic (exact) mass is 207 g/mol. The summed E-state index contributed by atoms with van der Waals surface area (Å²) < 4.78 is 0. The van der Waals surface area contributed by atoms with Crippen LogP contribution in [0.5, 0.6) is 0 Å². The zero-order chi connectivity index (χ0) is 9.97. The van der Waals surface area contributed by atoms with Gasteiger partial charge >= 0.3 is 0 Å². The van der Waals surface area contributed by atoms with Gasteiger partial charge in [0.15, 0.2) is 0 Å². The molecular weight excluding hydrogens is 194 g/mol. The van der Waals surface area contributed by atoms with E-state index in [9.17, 15) is 0 Å². The number of hydrogen-bond acceptors (Lipinski definition) is 1. The van der Waals surface area contributed by atoms with Gasteiger partial charge in [0, 0.05) is 23.8 Å². The van der Waals surface area contributed by atoms with Crippen LogP contribution in [0, 0.1) is 0 Å². The van der Waals surface area contributed by atoms with E-state index < -0.39 is 0 Å². The zero-order valence-corrected chi connectivity index (χ0v) is 8.93. The van der Waals surface area contributed by atoms with E-state index in [1.807, 2.05) is 12.1 Å². The Kier molecular flexibility index (Phi) is 2.78. The molecule has 74 valence electrons. The Morgan fingerprint density at radius 3 is 3.14 bits per heavy atom. The maximum Gasteiger partial charge on any atom is 0.0410 e. The lowest BCUT2D eigenvalue weighted by Crippen LogP contribution is -2.20. The van der Waals surface area contributed by atoms with E-state index in [2.05, 4.69) is 23.6 Å². The van der Waals surface area contributed by atoms with Gasteiger partial charge in [-0.3, -0.25) is 0 Å². The largest absolute Gasteiger partial charge is 0.371 e. The second-order valence-corrected chi connectivity index (χ2v) is 4.02. The van der Waals surface area contributed by atoms with Gasteiger partial charge in [-0.2, -0.15) is 0 Å². The van der Waals surface area contributed by atoms with Crippen molar-refractivity contribution >= 4 is 17.3 Å². The van der Waals surface area contributed by atoms with E-state index in [-0.39, 0.29) is 0 Å². The third-order valence-electron chi connectivity index (χ3n) is 2.64. The highest BCUT2D eigenvalue weighted by Crippen LogP contribution is 2.30. The minimum Gasteiger partial charge on any atom is -0.371 e. The average Bonchev–Trinajstić information content (AvgIpc) is 2.57. The summed E-state index contributed by atoms with van der Waals surface area (Å²) in [5, 5.41) is 0.842. The zero-order valence-electron chi connectivity index (χ0n) is 8.17. The molecule has 0 amide bonds. The third-order valence-corrected chi connectivity index (χ3v) is 2.87. The van der Waals surface area contributed by atoms with Crippen molar-refractivity contribution in [3.8, 4) is 0 Å². The molecule has 1 heterocycles. The first-order valence-corrected chi connectivity index (χ1v) is 5.33. The summed E-state index contributed by atoms with van der Waals surface area (Å²) in [5.74, 6) is 0. The number of rotatable bonds is 3. The van der Waals surface area contributed by atoms with Crippen molar-refractivity contribution < 1.29 is 0 Å². The average molecular weight is 208 g/mol. The number of fused-ring (bicyclic) bond motifs is 1. The minimum absolute atomic E-state index is 0.842. The Hall–Kier alpha value is -0.950. The van der Waals surface area contributed by atoms with E-state index in [1.165, 1.54) is 11.3 Å². The fourth-order valence-electron chi connectivity index (χ4n) is 1.92. The second-order valence-electron chi connectivity index (χ2n) is 3.59. The molecule has 0 unspecified atom stereocenters. The Labute approximate surface area is 90.0 Å². The van der Waals surface area contributed by atoms with E-state index in [1.54, 1.807) is 0 Å². The summed E-state index contributed by atoms with van der Waals surface area (Å²) in [4.78, 5) is 2.40. The molecule has 1 aromatic carbocycles. The molecule has 0 N–H and O–H groups in total. The van der Waals surface area contributed by atoms with Gasteiger partial charge < -0.3 is 4.90 Å². The summed E-state index contributed by atoms with van der Waals surface area (Å²) >= 11 is 5.94. The first kappa shape index (κ1) is 9.60. The quantitative estimate of drug-likeness (QED) is 0.688. The van der Waals surface area contributed by atoms with Crippen LogP contribution in [0.25, 0.3) is 0 Å². The highest BCUT2D eigenvalue weighted by molar-refractivity contribution is 6.30. The molecule has 1 aliphatic heterocycles. The molecule has 0 radical (unpaired) electrons. The van der Waals surface area contributed by atoms with E-state index in [0.717, 1.165) is 31.0 Å². The van der Waals surface area contributed by atoms with Gasteiger partial charge in [-0.15, -0.1) is 6.58 Å². The Morgan fingerprint density at radius 2 is 2.36 bits per heavy atom. The van der Waals surface area contributed by atoms with Crippen LogP contribution in [0.15, 0.2) is 30.9 Å². The molecule has 0 spiro atoms. The molecule has 0 bridgehead atoms. The summed E-state index contributed by atoms with van der Waals surface area (Å²) in [6.07, 6.45) is 4.13. The molecule has 14 heavy (non-hydrogen) atoms. The lowest BCUT2D eigenvalue weighted by molar-refractivity contribution is 0.827. The van der Waals surface area contributed by atoms with Gasteiger partial charge in [0.05, 0.1) is 0 Å². The van der Waals surface area contributed by atoms with E-state index in [0.29, 0.717) is 0 Å². The van der Waals surface area contributed by atoms with Crippen LogP contribution in [0.2, 0.25) is 5.02 Å². The van der Waals surface area contributed by atoms with Gasteiger partial charge in [0.1, 0.15) is 0 Å². The molecule has 0 fully saturated rings. The predicted molar refractivity (Wildman–Crippen MR) is 62.2 cm³/mol. The molecule has 2 rings (SSSR count). The predicted octanol–water partition coefficient (Wildman–Crippen LogP) is 3.28. The van der Waals surface area contributed by atoms with Crippen LogP contribution >= 0.6 is 11.6 Å². The summed E-state index contributed by atoms with van der Waals surface area (Å²) in [5.41, 5.74) is 2.72. The molecule has 1 aromatic rings. The lowest BCUT2D eigenvalue weighted by atomic mass is 10.2. The van der Waals surface area contributed by atoms with Gasteiger partial charge in [-0.05, 0) is 36.6 Å². The topological polar surface area (TPSA) is 3.24 Å². The second kappa shape index (κ2) is 4.05. The van der Waals surface area contributed by atoms with Crippen LogP contribution < -0.4 is 4.90 Å². The molecule has 0 saturated heterocycles. The first-order chi connectivity index (χ1) is 6.81. The van der Waals surface area contributed by atoms with Crippen molar-refractivity contribution in [2.75, 3.05) is 18.0 Å². The van der Waals surface area contributed by atoms with Crippen LogP contribution in [0.4, 0.5) is 5.69 Å². The van der Waals surface area contributed by atoms with Gasteiger partial charge in [-0.25, -0.2) is 0 Å². The normalized spacial score (nSPS) is 14.2. The fourth-order valence-corrected chi connectivity index (χ4v) is 2.11. The van der Waals surface area contributed by atoms with Crippen molar-refractivity contribution in [1.82, 2.24) is 0 Å². The van der Waals surface area contributed by atoms with Crippen LogP contribution in [0.3, 0.4) is 0 Å². The third kappa shape index (κ3) is 1.78. The van der Waals surface area contributed by atoms with Crippen molar-refractivity contribution in [1.29, 1.82) is 0 Å². The number of benzene rings is 1. The van der Waals surface area contributed by atoms with E-state index in [4.69, 9.17) is 11.6 Å². The molecule has 0 aromatic heterocycles. The highest BCUT2D eigenvalue weighted by Gasteiger charge is 2.17. The number of halogens is 1. The van der Waals surface area contributed by atoms with Crippen molar-refractivity contribution in [3.05, 3.63) is 41.4 Å². The van der Waals surface area contributed by atoms with Gasteiger partial charge in [-0.1, -0.05) is 17.7 Å². The van der Waals surface area contributed by atoms with Gasteiger partial charge in [0.2, 0.25) is 0 Å². The van der Waals surface area contributed by atoms with Crippen LogP contribution in [0.1, 0.15) is 12.0 Å². The number of anilines is 1. The van der Waals surface area contributed by atoms with Gasteiger partial charge in [0.25, 0.3) is 0 Å². The standard InChI is InChI=1S/C12H14ClN/c1-2-3-7-14-8-6-10-9-11(13)4-5-12(10)14/h2,4-5,9H,1,3,6-8H2. The molecular formula is C12H14ClN. The Bertz CT molecular complexity index is 346. The molecule has 2 heteroatoms. The number of nitrogens with zero attached hydrogens (tertiary/aromatic N) is 1. The molecule has 0 saturated carbocycles. The first-order valence-electron chi connectivity index (χ1n) is 4.95. The van der Waals surface area contributed by atoms with Crippen LogP contribution in [-0.2, 0) is 6.42 Å². The maximum absolute atomic E-state index is 5.94. The lowest BCUT2D eigenvalue weighted by Gasteiger charge is -2.18. The fraction of sp³-hybridized carbons (Fsp3) is 0.333. The van der Waals surface area contributed by atoms with E-state index >= 15 is 0 Å². The molecule has 0 atom stereocenters. The Morgan fingerprint density at radius 1 is 1.50 bits per heavy atom. The SMILES string of the molecule is C=CCCN1CCc2cc(Cl)ccc21. The summed E-state index contributed by atoms with van der Waals surface area (Å²) in [6.45, 7) is 5.93. The summed E-state index contributed by atoms with van der Waals surface area (Å²) in [6, 6.07) is 6.16. The number of hydrogen-bond donors (Lipinski definition) is 0. The van der Waals surface area contributed by atoms with Crippen molar-refractivity contribution in [2.24, 2.45) is 0 Å². The minimum atomic E-state index is 0.842. The molecule has 1 nitrogen and oxygen atoms in total. The van der Waals surface area contributed by atoms with Crippen molar-refractivity contribution in [3.63, 3.8) is 0 Å². The maximum atomic E-state index is 5.94.